The van der Waals surface area contributed by atoms with Gasteiger partial charge in [0.25, 0.3) is 0 Å². The van der Waals surface area contributed by atoms with Crippen LogP contribution in [0.3, 0.4) is 0 Å². The van der Waals surface area contributed by atoms with Gasteiger partial charge in [-0.3, -0.25) is 0 Å². The molecule has 5 nitrogen and oxygen atoms in total. The summed E-state index contributed by atoms with van der Waals surface area (Å²) < 4.78 is 22.3. The minimum atomic E-state index is -0.491. The van der Waals surface area contributed by atoms with E-state index in [-0.39, 0.29) is 0 Å². The lowest BCUT2D eigenvalue weighted by Crippen LogP contribution is -2.41. The summed E-state index contributed by atoms with van der Waals surface area (Å²) in [6.07, 6.45) is 0. The zero-order valence-corrected chi connectivity index (χ0v) is 14.1. The first-order valence-corrected chi connectivity index (χ1v) is 7.42. The lowest BCUT2D eigenvalue weighted by molar-refractivity contribution is 0.00578. The van der Waals surface area contributed by atoms with E-state index in [9.17, 15) is 4.79 Å². The molecule has 0 unspecified atom stereocenters. The average molecular weight is 306 g/mol. The fraction of sp³-hybridized carbons (Fsp3) is 0.562. The van der Waals surface area contributed by atoms with Crippen molar-refractivity contribution in [3.05, 3.63) is 23.8 Å². The summed E-state index contributed by atoms with van der Waals surface area (Å²) in [6, 6.07) is 5.24. The summed E-state index contributed by atoms with van der Waals surface area (Å²) in [6.45, 7) is 10.1. The molecular formula is C16H23BO5. The molecule has 0 atom stereocenters. The van der Waals surface area contributed by atoms with Gasteiger partial charge in [-0.25, -0.2) is 4.79 Å². The molecule has 2 rings (SSSR count). The summed E-state index contributed by atoms with van der Waals surface area (Å²) in [4.78, 5) is 11.9. The second-order valence-corrected chi connectivity index (χ2v) is 6.27. The van der Waals surface area contributed by atoms with Crippen molar-refractivity contribution in [3.63, 3.8) is 0 Å². The molecule has 1 aliphatic heterocycles. The highest BCUT2D eigenvalue weighted by molar-refractivity contribution is 6.62. The number of carbonyl (C=O) groups excluding carboxylic acids is 1. The van der Waals surface area contributed by atoms with Crippen LogP contribution in [0.2, 0.25) is 0 Å². The smallest absolute Gasteiger partial charge is 0.494 e. The van der Waals surface area contributed by atoms with Crippen LogP contribution < -0.4 is 10.2 Å². The summed E-state index contributed by atoms with van der Waals surface area (Å²) in [5, 5.41) is 0. The number of carbonyl (C=O) groups is 1. The Labute approximate surface area is 132 Å². The van der Waals surface area contributed by atoms with E-state index in [1.54, 1.807) is 25.1 Å². The molecule has 0 bridgehead atoms. The van der Waals surface area contributed by atoms with Gasteiger partial charge in [-0.1, -0.05) is 6.07 Å². The van der Waals surface area contributed by atoms with Crippen LogP contribution in [0, 0.1) is 0 Å². The number of methoxy groups -OCH3 is 1. The average Bonchev–Trinajstić information content (AvgIpc) is 2.67. The van der Waals surface area contributed by atoms with Gasteiger partial charge in [0.05, 0.1) is 24.9 Å². The van der Waals surface area contributed by atoms with Crippen molar-refractivity contribution >= 4 is 18.6 Å². The lowest BCUT2D eigenvalue weighted by atomic mass is 9.78. The standard InChI is InChI=1S/C16H23BO5/c1-7-20-14(18)12-9-8-11(10-13(12)19-6)17-21-15(2,3)16(4,5)22-17/h8-10H,7H2,1-6H3. The van der Waals surface area contributed by atoms with Gasteiger partial charge < -0.3 is 18.8 Å². The van der Waals surface area contributed by atoms with Crippen LogP contribution >= 0.6 is 0 Å². The molecule has 6 heteroatoms. The first-order chi connectivity index (χ1) is 10.2. The molecule has 0 spiro atoms. The lowest BCUT2D eigenvalue weighted by Gasteiger charge is -2.32. The molecule has 0 aromatic heterocycles. The second-order valence-electron chi connectivity index (χ2n) is 6.27. The highest BCUT2D eigenvalue weighted by Crippen LogP contribution is 2.36. The maximum atomic E-state index is 11.9. The number of hydrogen-bond donors (Lipinski definition) is 0. The van der Waals surface area contributed by atoms with Crippen LogP contribution in [0.5, 0.6) is 5.75 Å². The minimum absolute atomic E-state index is 0.320. The van der Waals surface area contributed by atoms with Crippen molar-refractivity contribution in [3.8, 4) is 5.75 Å². The van der Waals surface area contributed by atoms with Gasteiger partial charge in [0.2, 0.25) is 0 Å². The Bertz CT molecular complexity index is 552. The predicted molar refractivity (Wildman–Crippen MR) is 84.7 cm³/mol. The molecule has 1 fully saturated rings. The number of rotatable bonds is 4. The Kier molecular flexibility index (Phi) is 4.54. The molecule has 0 N–H and O–H groups in total. The van der Waals surface area contributed by atoms with Crippen molar-refractivity contribution in [2.45, 2.75) is 45.8 Å². The van der Waals surface area contributed by atoms with Crippen molar-refractivity contribution < 1.29 is 23.6 Å². The summed E-state index contributed by atoms with van der Waals surface area (Å²) in [7, 11) is 1.03. The van der Waals surface area contributed by atoms with Crippen molar-refractivity contribution in [1.29, 1.82) is 0 Å². The molecule has 1 aromatic carbocycles. The van der Waals surface area contributed by atoms with Crippen LogP contribution in [0.1, 0.15) is 45.0 Å². The molecule has 0 radical (unpaired) electrons. The maximum absolute atomic E-state index is 11.9. The van der Waals surface area contributed by atoms with E-state index in [1.807, 2.05) is 27.7 Å². The zero-order valence-electron chi connectivity index (χ0n) is 14.1. The third-order valence-electron chi connectivity index (χ3n) is 4.25. The minimum Gasteiger partial charge on any atom is -0.496 e. The Morgan fingerprint density at radius 3 is 2.27 bits per heavy atom. The van der Waals surface area contributed by atoms with Crippen LogP contribution in [0.4, 0.5) is 0 Å². The Morgan fingerprint density at radius 2 is 1.77 bits per heavy atom. The number of benzene rings is 1. The third kappa shape index (κ3) is 2.98. The predicted octanol–water partition coefficient (Wildman–Crippen LogP) is 2.17. The molecule has 0 saturated carbocycles. The third-order valence-corrected chi connectivity index (χ3v) is 4.25. The van der Waals surface area contributed by atoms with Crippen molar-refractivity contribution in [1.82, 2.24) is 0 Å². The summed E-state index contributed by atoms with van der Waals surface area (Å²) >= 11 is 0. The molecule has 1 saturated heterocycles. The van der Waals surface area contributed by atoms with Gasteiger partial charge in [-0.15, -0.1) is 0 Å². The largest absolute Gasteiger partial charge is 0.496 e. The second kappa shape index (κ2) is 5.93. The maximum Gasteiger partial charge on any atom is 0.494 e. The summed E-state index contributed by atoms with van der Waals surface area (Å²) in [5.41, 5.74) is 0.378. The molecule has 1 aliphatic rings. The SMILES string of the molecule is CCOC(=O)c1ccc(B2OC(C)(C)C(C)(C)O2)cc1OC. The first-order valence-electron chi connectivity index (χ1n) is 7.42. The Balaban J connectivity index is 2.30. The Hall–Kier alpha value is -1.53. The number of esters is 1. The normalized spacial score (nSPS) is 19.1. The van der Waals surface area contributed by atoms with E-state index in [4.69, 9.17) is 18.8 Å². The van der Waals surface area contributed by atoms with E-state index < -0.39 is 24.3 Å². The molecule has 22 heavy (non-hydrogen) atoms. The number of ether oxygens (including phenoxy) is 2. The molecule has 0 amide bonds. The van der Waals surface area contributed by atoms with E-state index in [0.29, 0.717) is 17.9 Å². The summed E-state index contributed by atoms with van der Waals surface area (Å²) in [5.74, 6) is 0.0467. The van der Waals surface area contributed by atoms with E-state index in [2.05, 4.69) is 0 Å². The van der Waals surface area contributed by atoms with Gasteiger partial charge in [0.1, 0.15) is 11.3 Å². The first kappa shape index (κ1) is 16.8. The monoisotopic (exact) mass is 306 g/mol. The molecular weight excluding hydrogens is 283 g/mol. The fourth-order valence-electron chi connectivity index (χ4n) is 2.21. The molecule has 1 aromatic rings. The quantitative estimate of drug-likeness (QED) is 0.630. The van der Waals surface area contributed by atoms with Crippen LogP contribution in [0.25, 0.3) is 0 Å². The molecule has 0 aliphatic carbocycles. The van der Waals surface area contributed by atoms with Crippen LogP contribution in [-0.2, 0) is 14.0 Å². The zero-order chi connectivity index (χ0) is 16.5. The van der Waals surface area contributed by atoms with Gasteiger partial charge in [-0.05, 0) is 52.2 Å². The Morgan fingerprint density at radius 1 is 1.18 bits per heavy atom. The fourth-order valence-corrected chi connectivity index (χ4v) is 2.21. The molecule has 120 valence electrons. The van der Waals surface area contributed by atoms with Crippen LogP contribution in [-0.4, -0.2) is 38.0 Å². The highest BCUT2D eigenvalue weighted by atomic mass is 16.7. The van der Waals surface area contributed by atoms with Crippen LogP contribution in [0.15, 0.2) is 18.2 Å². The van der Waals surface area contributed by atoms with Gasteiger partial charge in [0, 0.05) is 0 Å². The topological polar surface area (TPSA) is 54.0 Å². The van der Waals surface area contributed by atoms with Crippen molar-refractivity contribution in [2.75, 3.05) is 13.7 Å². The molecule has 1 heterocycles. The van der Waals surface area contributed by atoms with Gasteiger partial charge in [-0.2, -0.15) is 0 Å². The van der Waals surface area contributed by atoms with Gasteiger partial charge in [0.15, 0.2) is 0 Å². The van der Waals surface area contributed by atoms with E-state index in [1.165, 1.54) is 7.11 Å². The van der Waals surface area contributed by atoms with E-state index in [0.717, 1.165) is 5.46 Å². The van der Waals surface area contributed by atoms with Gasteiger partial charge >= 0.3 is 13.1 Å². The highest BCUT2D eigenvalue weighted by Gasteiger charge is 2.51. The number of hydrogen-bond acceptors (Lipinski definition) is 5. The van der Waals surface area contributed by atoms with E-state index >= 15 is 0 Å². The van der Waals surface area contributed by atoms with Crippen molar-refractivity contribution in [2.24, 2.45) is 0 Å².